The largest absolute Gasteiger partial charge is 0.495 e. The maximum Gasteiger partial charge on any atom is 0.311 e. The number of anilines is 1. The first kappa shape index (κ1) is 17.7. The van der Waals surface area contributed by atoms with E-state index in [0.29, 0.717) is 17.4 Å². The predicted octanol–water partition coefficient (Wildman–Crippen LogP) is 3.31. The number of esters is 1. The van der Waals surface area contributed by atoms with E-state index in [1.54, 1.807) is 25.6 Å². The molecule has 1 aromatic carbocycles. The molecule has 0 radical (unpaired) electrons. The summed E-state index contributed by atoms with van der Waals surface area (Å²) in [6.45, 7) is 2.15. The number of nitrogens with one attached hydrogen (secondary N) is 1. The SMILES string of the molecule is CCOC(=O)Cc1csc(NN=Cc2cccc(I)c2OC)n1. The zero-order valence-electron chi connectivity index (χ0n) is 12.7. The van der Waals surface area contributed by atoms with Gasteiger partial charge in [-0.05, 0) is 41.6 Å². The van der Waals surface area contributed by atoms with Gasteiger partial charge in [-0.3, -0.25) is 10.2 Å². The van der Waals surface area contributed by atoms with Crippen molar-refractivity contribution in [3.63, 3.8) is 0 Å². The number of carbonyl (C=O) groups is 1. The summed E-state index contributed by atoms with van der Waals surface area (Å²) in [7, 11) is 1.63. The Morgan fingerprint density at radius 3 is 3.09 bits per heavy atom. The van der Waals surface area contributed by atoms with E-state index in [2.05, 4.69) is 38.1 Å². The smallest absolute Gasteiger partial charge is 0.311 e. The normalized spacial score (nSPS) is 10.7. The summed E-state index contributed by atoms with van der Waals surface area (Å²) in [5.74, 6) is 0.497. The number of hydrazone groups is 1. The van der Waals surface area contributed by atoms with Crippen LogP contribution in [0.3, 0.4) is 0 Å². The summed E-state index contributed by atoms with van der Waals surface area (Å²) in [5.41, 5.74) is 4.39. The Morgan fingerprint density at radius 2 is 2.35 bits per heavy atom. The van der Waals surface area contributed by atoms with E-state index in [9.17, 15) is 4.79 Å². The number of benzene rings is 1. The van der Waals surface area contributed by atoms with Crippen molar-refractivity contribution in [3.05, 3.63) is 38.4 Å². The van der Waals surface area contributed by atoms with E-state index < -0.39 is 0 Å². The molecular weight excluding hydrogens is 429 g/mol. The van der Waals surface area contributed by atoms with Gasteiger partial charge in [-0.15, -0.1) is 11.3 Å². The summed E-state index contributed by atoms with van der Waals surface area (Å²) in [6, 6.07) is 5.82. The second-order valence-corrected chi connectivity index (χ2v) is 6.38. The van der Waals surface area contributed by atoms with Crippen LogP contribution in [0.4, 0.5) is 5.13 Å². The van der Waals surface area contributed by atoms with Gasteiger partial charge in [-0.2, -0.15) is 5.10 Å². The third kappa shape index (κ3) is 5.17. The first-order valence-corrected chi connectivity index (χ1v) is 8.81. The monoisotopic (exact) mass is 445 g/mol. The Kier molecular flexibility index (Phi) is 6.78. The molecule has 2 aromatic rings. The number of hydrogen-bond acceptors (Lipinski definition) is 7. The molecule has 0 atom stereocenters. The number of nitrogens with zero attached hydrogens (tertiary/aromatic N) is 2. The molecule has 6 nitrogen and oxygen atoms in total. The second-order valence-electron chi connectivity index (χ2n) is 4.36. The molecule has 2 rings (SSSR count). The third-order valence-electron chi connectivity index (χ3n) is 2.75. The summed E-state index contributed by atoms with van der Waals surface area (Å²) >= 11 is 3.59. The number of aromatic nitrogens is 1. The van der Waals surface area contributed by atoms with Gasteiger partial charge in [-0.25, -0.2) is 4.98 Å². The highest BCUT2D eigenvalue weighted by molar-refractivity contribution is 14.1. The molecule has 122 valence electrons. The molecule has 0 fully saturated rings. The van der Waals surface area contributed by atoms with Crippen molar-refractivity contribution >= 4 is 51.2 Å². The molecule has 0 aliphatic rings. The Morgan fingerprint density at radius 1 is 1.52 bits per heavy atom. The lowest BCUT2D eigenvalue weighted by Crippen LogP contribution is -2.07. The lowest BCUT2D eigenvalue weighted by atomic mass is 10.2. The minimum atomic E-state index is -0.281. The molecule has 0 spiro atoms. The highest BCUT2D eigenvalue weighted by atomic mass is 127. The van der Waals surface area contributed by atoms with E-state index in [1.165, 1.54) is 11.3 Å². The van der Waals surface area contributed by atoms with Crippen LogP contribution in [0.2, 0.25) is 0 Å². The number of thiazole rings is 1. The number of halogens is 1. The maximum atomic E-state index is 11.4. The van der Waals surface area contributed by atoms with Crippen molar-refractivity contribution in [1.82, 2.24) is 4.98 Å². The molecule has 1 N–H and O–H groups in total. The van der Waals surface area contributed by atoms with Crippen molar-refractivity contribution in [1.29, 1.82) is 0 Å². The number of carbonyl (C=O) groups excluding carboxylic acids is 1. The Balaban J connectivity index is 1.97. The molecule has 23 heavy (non-hydrogen) atoms. The number of methoxy groups -OCH3 is 1. The number of rotatable bonds is 7. The fraction of sp³-hybridized carbons (Fsp3) is 0.267. The molecule has 1 heterocycles. The lowest BCUT2D eigenvalue weighted by Gasteiger charge is -2.06. The van der Waals surface area contributed by atoms with Gasteiger partial charge in [0.25, 0.3) is 0 Å². The van der Waals surface area contributed by atoms with E-state index in [-0.39, 0.29) is 12.4 Å². The van der Waals surface area contributed by atoms with Gasteiger partial charge in [0.15, 0.2) is 0 Å². The highest BCUT2D eigenvalue weighted by Crippen LogP contribution is 2.24. The summed E-state index contributed by atoms with van der Waals surface area (Å²) in [5, 5.41) is 6.59. The molecule has 8 heteroatoms. The van der Waals surface area contributed by atoms with Gasteiger partial charge in [0, 0.05) is 10.9 Å². The zero-order valence-corrected chi connectivity index (χ0v) is 15.7. The van der Waals surface area contributed by atoms with Crippen molar-refractivity contribution in [2.45, 2.75) is 13.3 Å². The van der Waals surface area contributed by atoms with Gasteiger partial charge < -0.3 is 9.47 Å². The van der Waals surface area contributed by atoms with Crippen LogP contribution in [0.5, 0.6) is 5.75 Å². The van der Waals surface area contributed by atoms with Crippen LogP contribution in [-0.4, -0.2) is 30.9 Å². The minimum absolute atomic E-state index is 0.167. The third-order valence-corrected chi connectivity index (χ3v) is 4.39. The van der Waals surface area contributed by atoms with Crippen LogP contribution in [0.15, 0.2) is 28.7 Å². The van der Waals surface area contributed by atoms with Crippen LogP contribution in [0, 0.1) is 3.57 Å². The molecule has 0 aliphatic carbocycles. The van der Waals surface area contributed by atoms with Gasteiger partial charge in [0.2, 0.25) is 5.13 Å². The van der Waals surface area contributed by atoms with Crippen molar-refractivity contribution in [2.75, 3.05) is 19.1 Å². The topological polar surface area (TPSA) is 72.8 Å². The Bertz CT molecular complexity index is 703. The second kappa shape index (κ2) is 8.82. The Labute approximate surface area is 152 Å². The molecule has 0 unspecified atom stereocenters. The average molecular weight is 445 g/mol. The van der Waals surface area contributed by atoms with Gasteiger partial charge in [-0.1, -0.05) is 6.07 Å². The van der Waals surface area contributed by atoms with Crippen molar-refractivity contribution < 1.29 is 14.3 Å². The van der Waals surface area contributed by atoms with Crippen LogP contribution in [-0.2, 0) is 16.0 Å². The molecule has 0 saturated carbocycles. The van der Waals surface area contributed by atoms with E-state index in [0.717, 1.165) is 14.9 Å². The summed E-state index contributed by atoms with van der Waals surface area (Å²) < 4.78 is 11.3. The van der Waals surface area contributed by atoms with E-state index >= 15 is 0 Å². The van der Waals surface area contributed by atoms with Crippen molar-refractivity contribution in [2.24, 2.45) is 5.10 Å². The fourth-order valence-corrected chi connectivity index (χ4v) is 3.20. The quantitative estimate of drug-likeness (QED) is 0.307. The molecular formula is C15H16IN3O3S. The lowest BCUT2D eigenvalue weighted by molar-refractivity contribution is -0.142. The molecule has 0 bridgehead atoms. The summed E-state index contributed by atoms with van der Waals surface area (Å²) in [4.78, 5) is 15.7. The van der Waals surface area contributed by atoms with Crippen LogP contribution in [0.1, 0.15) is 18.2 Å². The fourth-order valence-electron chi connectivity index (χ4n) is 1.80. The van der Waals surface area contributed by atoms with Crippen LogP contribution >= 0.6 is 33.9 Å². The molecule has 1 aromatic heterocycles. The number of para-hydroxylation sites is 1. The zero-order chi connectivity index (χ0) is 16.7. The first-order chi connectivity index (χ1) is 11.1. The van der Waals surface area contributed by atoms with Crippen LogP contribution in [0.25, 0.3) is 0 Å². The van der Waals surface area contributed by atoms with Crippen molar-refractivity contribution in [3.8, 4) is 5.75 Å². The Hall–Kier alpha value is -1.68. The number of ether oxygens (including phenoxy) is 2. The highest BCUT2D eigenvalue weighted by Gasteiger charge is 2.08. The van der Waals surface area contributed by atoms with E-state index in [4.69, 9.17) is 9.47 Å². The minimum Gasteiger partial charge on any atom is -0.495 e. The average Bonchev–Trinajstić information content (AvgIpc) is 2.95. The molecule has 0 saturated heterocycles. The summed E-state index contributed by atoms with van der Waals surface area (Å²) in [6.07, 6.45) is 1.84. The first-order valence-electron chi connectivity index (χ1n) is 6.85. The van der Waals surface area contributed by atoms with E-state index in [1.807, 2.05) is 18.2 Å². The maximum absolute atomic E-state index is 11.4. The van der Waals surface area contributed by atoms with Crippen LogP contribution < -0.4 is 10.2 Å². The van der Waals surface area contributed by atoms with Gasteiger partial charge in [0.05, 0.1) is 35.6 Å². The number of hydrogen-bond donors (Lipinski definition) is 1. The van der Waals surface area contributed by atoms with Gasteiger partial charge >= 0.3 is 5.97 Å². The molecule has 0 aliphatic heterocycles. The standard InChI is InChI=1S/C15H16IN3O3S/c1-3-22-13(20)7-11-9-23-15(18-11)19-17-8-10-5-4-6-12(16)14(10)21-2/h4-6,8-9H,3,7H2,1-2H3,(H,18,19). The van der Waals surface area contributed by atoms with Gasteiger partial charge in [0.1, 0.15) is 5.75 Å². The predicted molar refractivity (Wildman–Crippen MR) is 99.4 cm³/mol. The molecule has 0 amide bonds.